The molecule has 0 aliphatic heterocycles. The van der Waals surface area contributed by atoms with Crippen LogP contribution in [0.5, 0.6) is 0 Å². The minimum atomic E-state index is 0.990. The van der Waals surface area contributed by atoms with E-state index < -0.39 is 0 Å². The van der Waals surface area contributed by atoms with E-state index in [2.05, 4.69) is 97.1 Å². The van der Waals surface area contributed by atoms with Gasteiger partial charge in [-0.15, -0.1) is 0 Å². The fraction of sp³-hybridized carbons (Fsp3) is 0. The van der Waals surface area contributed by atoms with E-state index >= 15 is 0 Å². The molecule has 0 N–H and O–H groups in total. The minimum absolute atomic E-state index is 0.990. The molecule has 1 nitrogen and oxygen atoms in total. The maximum Gasteiger partial charge on any atom is 0.0715 e. The summed E-state index contributed by atoms with van der Waals surface area (Å²) < 4.78 is 0. The molecule has 5 rings (SSSR count). The van der Waals surface area contributed by atoms with Crippen molar-refractivity contribution < 1.29 is 0 Å². The summed E-state index contributed by atoms with van der Waals surface area (Å²) in [6.45, 7) is 0. The summed E-state index contributed by atoms with van der Waals surface area (Å²) >= 11 is 0. The molecule has 0 amide bonds. The second-order valence-corrected chi connectivity index (χ2v) is 6.65. The maximum atomic E-state index is 5.05. The molecular weight excluding hydrogens is 326 g/mol. The van der Waals surface area contributed by atoms with Gasteiger partial charge in [-0.05, 0) is 33.9 Å². The van der Waals surface area contributed by atoms with Crippen molar-refractivity contribution in [3.05, 3.63) is 109 Å². The van der Waals surface area contributed by atoms with Crippen LogP contribution in [0.4, 0.5) is 11.4 Å². The second-order valence-electron chi connectivity index (χ2n) is 6.65. The number of benzene rings is 5. The number of para-hydroxylation sites is 1. The Morgan fingerprint density at radius 3 is 2.04 bits per heavy atom. The van der Waals surface area contributed by atoms with Crippen LogP contribution in [0.3, 0.4) is 0 Å². The Labute approximate surface area is 158 Å². The van der Waals surface area contributed by atoms with Gasteiger partial charge in [-0.2, -0.15) is 0 Å². The predicted molar refractivity (Wildman–Crippen MR) is 115 cm³/mol. The van der Waals surface area contributed by atoms with Crippen LogP contribution in [0.2, 0.25) is 0 Å². The van der Waals surface area contributed by atoms with E-state index in [0.717, 1.165) is 16.9 Å². The van der Waals surface area contributed by atoms with Gasteiger partial charge in [-0.25, -0.2) is 5.32 Å². The molecule has 127 valence electrons. The van der Waals surface area contributed by atoms with Crippen LogP contribution in [0.15, 0.2) is 109 Å². The lowest BCUT2D eigenvalue weighted by molar-refractivity contribution is 1.20. The Morgan fingerprint density at radius 1 is 0.407 bits per heavy atom. The van der Waals surface area contributed by atoms with E-state index in [1.165, 1.54) is 27.1 Å². The lowest BCUT2D eigenvalue weighted by atomic mass is 10.00. The van der Waals surface area contributed by atoms with Crippen LogP contribution in [-0.4, -0.2) is 0 Å². The monoisotopic (exact) mass is 344 g/mol. The largest absolute Gasteiger partial charge is 0.248 e. The molecule has 27 heavy (non-hydrogen) atoms. The van der Waals surface area contributed by atoms with Crippen molar-refractivity contribution in [3.63, 3.8) is 0 Å². The standard InChI is InChI=1S/C26H18N/c1-2-9-19(10-3-1)22-13-6-7-15-25(22)27-26-16-8-14-23-21-12-5-4-11-20(21)17-18-24(23)26/h1-18H. The van der Waals surface area contributed by atoms with Gasteiger partial charge >= 0.3 is 0 Å². The molecule has 0 bridgehead atoms. The molecule has 0 aromatic heterocycles. The van der Waals surface area contributed by atoms with Crippen molar-refractivity contribution in [3.8, 4) is 11.1 Å². The quantitative estimate of drug-likeness (QED) is 0.307. The molecule has 0 unspecified atom stereocenters. The first-order valence-corrected chi connectivity index (χ1v) is 9.17. The highest BCUT2D eigenvalue weighted by molar-refractivity contribution is 6.11. The van der Waals surface area contributed by atoms with Crippen LogP contribution in [0, 0.1) is 0 Å². The zero-order valence-corrected chi connectivity index (χ0v) is 14.8. The Bertz CT molecular complexity index is 1240. The molecule has 0 aliphatic carbocycles. The summed E-state index contributed by atoms with van der Waals surface area (Å²) in [5.74, 6) is 0. The number of nitrogens with zero attached hydrogens (tertiary/aromatic N) is 1. The first kappa shape index (κ1) is 15.7. The van der Waals surface area contributed by atoms with Gasteiger partial charge in [0.05, 0.1) is 11.4 Å². The SMILES string of the molecule is c1ccc(-c2ccccc2[N]c2cccc3c2ccc2ccccc23)cc1. The van der Waals surface area contributed by atoms with E-state index in [0.29, 0.717) is 0 Å². The van der Waals surface area contributed by atoms with Crippen LogP contribution < -0.4 is 5.32 Å². The van der Waals surface area contributed by atoms with Crippen molar-refractivity contribution in [2.45, 2.75) is 0 Å². The predicted octanol–water partition coefficient (Wildman–Crippen LogP) is 7.23. The van der Waals surface area contributed by atoms with E-state index in [1.54, 1.807) is 0 Å². The highest BCUT2D eigenvalue weighted by atomic mass is 14.9. The lowest BCUT2D eigenvalue weighted by Crippen LogP contribution is -1.93. The summed E-state index contributed by atoms with van der Waals surface area (Å²) in [7, 11) is 0. The van der Waals surface area contributed by atoms with Gasteiger partial charge < -0.3 is 0 Å². The number of hydrogen-bond acceptors (Lipinski definition) is 0. The molecule has 1 radical (unpaired) electrons. The molecule has 1 heteroatoms. The van der Waals surface area contributed by atoms with Crippen LogP contribution in [-0.2, 0) is 0 Å². The normalized spacial score (nSPS) is 11.0. The van der Waals surface area contributed by atoms with Gasteiger partial charge in [-0.3, -0.25) is 0 Å². The minimum Gasteiger partial charge on any atom is -0.248 e. The van der Waals surface area contributed by atoms with Gasteiger partial charge in [0.1, 0.15) is 0 Å². The van der Waals surface area contributed by atoms with E-state index in [-0.39, 0.29) is 0 Å². The van der Waals surface area contributed by atoms with Crippen LogP contribution in [0.25, 0.3) is 32.7 Å². The summed E-state index contributed by atoms with van der Waals surface area (Å²) in [6.07, 6.45) is 0. The van der Waals surface area contributed by atoms with Crippen LogP contribution in [0.1, 0.15) is 0 Å². The van der Waals surface area contributed by atoms with Crippen molar-refractivity contribution in [2.24, 2.45) is 0 Å². The van der Waals surface area contributed by atoms with E-state index in [1.807, 2.05) is 12.1 Å². The molecule has 0 fully saturated rings. The van der Waals surface area contributed by atoms with E-state index in [9.17, 15) is 0 Å². The van der Waals surface area contributed by atoms with Gasteiger partial charge in [-0.1, -0.05) is 97.1 Å². The second kappa shape index (κ2) is 6.62. The molecule has 0 spiro atoms. The zero-order chi connectivity index (χ0) is 18.1. The summed E-state index contributed by atoms with van der Waals surface area (Å²) in [5, 5.41) is 10.00. The van der Waals surface area contributed by atoms with Gasteiger partial charge in [0.25, 0.3) is 0 Å². The average molecular weight is 344 g/mol. The van der Waals surface area contributed by atoms with Gasteiger partial charge in [0.15, 0.2) is 0 Å². The summed E-state index contributed by atoms with van der Waals surface area (Å²) in [4.78, 5) is 0. The fourth-order valence-electron chi connectivity index (χ4n) is 3.68. The first-order valence-electron chi connectivity index (χ1n) is 9.17. The average Bonchev–Trinajstić information content (AvgIpc) is 2.75. The number of hydrogen-bond donors (Lipinski definition) is 0. The van der Waals surface area contributed by atoms with Crippen molar-refractivity contribution in [1.29, 1.82) is 0 Å². The highest BCUT2D eigenvalue weighted by Crippen LogP contribution is 2.35. The van der Waals surface area contributed by atoms with Crippen molar-refractivity contribution in [1.82, 2.24) is 5.32 Å². The Kier molecular flexibility index (Phi) is 3.84. The third kappa shape index (κ3) is 2.84. The Balaban J connectivity index is 1.65. The highest BCUT2D eigenvalue weighted by Gasteiger charge is 2.09. The van der Waals surface area contributed by atoms with Crippen molar-refractivity contribution >= 4 is 32.9 Å². The molecule has 0 aliphatic rings. The number of fused-ring (bicyclic) bond motifs is 3. The molecule has 5 aromatic rings. The molecular formula is C26H18N. The summed E-state index contributed by atoms with van der Waals surface area (Å²) in [6, 6.07) is 38.0. The van der Waals surface area contributed by atoms with Crippen LogP contribution >= 0.6 is 0 Å². The molecule has 0 saturated heterocycles. The molecule has 0 atom stereocenters. The zero-order valence-electron chi connectivity index (χ0n) is 14.8. The smallest absolute Gasteiger partial charge is 0.0715 e. The van der Waals surface area contributed by atoms with Gasteiger partial charge in [0, 0.05) is 10.9 Å². The lowest BCUT2D eigenvalue weighted by Gasteiger charge is -2.13. The topological polar surface area (TPSA) is 14.1 Å². The summed E-state index contributed by atoms with van der Waals surface area (Å²) in [5.41, 5.74) is 4.32. The molecule has 5 aromatic carbocycles. The third-order valence-electron chi connectivity index (χ3n) is 4.99. The first-order chi connectivity index (χ1) is 13.4. The number of rotatable bonds is 3. The van der Waals surface area contributed by atoms with E-state index in [4.69, 9.17) is 5.32 Å². The molecule has 0 saturated carbocycles. The maximum absolute atomic E-state index is 5.05. The van der Waals surface area contributed by atoms with Crippen molar-refractivity contribution in [2.75, 3.05) is 0 Å². The fourth-order valence-corrected chi connectivity index (χ4v) is 3.68. The van der Waals surface area contributed by atoms with Gasteiger partial charge in [0.2, 0.25) is 0 Å². The Morgan fingerprint density at radius 2 is 1.11 bits per heavy atom. The molecule has 0 heterocycles. The Hall–Kier alpha value is -3.58. The third-order valence-corrected chi connectivity index (χ3v) is 4.99.